The summed E-state index contributed by atoms with van der Waals surface area (Å²) in [6, 6.07) is 15.9. The fourth-order valence-corrected chi connectivity index (χ4v) is 2.59. The van der Waals surface area contributed by atoms with Crippen molar-refractivity contribution in [3.8, 4) is 5.75 Å². The van der Waals surface area contributed by atoms with E-state index in [1.165, 1.54) is 5.56 Å². The zero-order chi connectivity index (χ0) is 13.9. The highest BCUT2D eigenvalue weighted by Gasteiger charge is 2.31. The average molecular weight is 267 g/mol. The number of hydrogen-bond acceptors (Lipinski definition) is 2. The van der Waals surface area contributed by atoms with E-state index in [-0.39, 0.29) is 11.8 Å². The normalized spacial score (nSPS) is 15.9. The Morgan fingerprint density at radius 2 is 2.10 bits per heavy atom. The predicted octanol–water partition coefficient (Wildman–Crippen LogP) is 2.65. The summed E-state index contributed by atoms with van der Waals surface area (Å²) in [6.07, 6.45) is 0.847. The summed E-state index contributed by atoms with van der Waals surface area (Å²) in [4.78, 5) is 12.2. The van der Waals surface area contributed by atoms with Crippen molar-refractivity contribution in [3.05, 3.63) is 65.2 Å². The van der Waals surface area contributed by atoms with Crippen LogP contribution in [0.3, 0.4) is 0 Å². The SMILES string of the molecule is COc1cccc(CNC(=O)[C@H]2Cc3ccccc32)c1. The van der Waals surface area contributed by atoms with Crippen LogP contribution < -0.4 is 10.1 Å². The first-order valence-electron chi connectivity index (χ1n) is 6.76. The van der Waals surface area contributed by atoms with E-state index in [2.05, 4.69) is 11.4 Å². The second-order valence-electron chi connectivity index (χ2n) is 5.02. The molecule has 2 aromatic rings. The topological polar surface area (TPSA) is 38.3 Å². The Hall–Kier alpha value is -2.29. The maximum atomic E-state index is 12.2. The van der Waals surface area contributed by atoms with Crippen molar-refractivity contribution in [3.63, 3.8) is 0 Å². The molecule has 0 fully saturated rings. The van der Waals surface area contributed by atoms with Gasteiger partial charge < -0.3 is 10.1 Å². The van der Waals surface area contributed by atoms with E-state index >= 15 is 0 Å². The summed E-state index contributed by atoms with van der Waals surface area (Å²) in [5.74, 6) is 0.925. The van der Waals surface area contributed by atoms with Crippen LogP contribution in [0, 0.1) is 0 Å². The molecule has 0 heterocycles. The van der Waals surface area contributed by atoms with E-state index in [4.69, 9.17) is 4.74 Å². The third-order valence-corrected chi connectivity index (χ3v) is 3.77. The summed E-state index contributed by atoms with van der Waals surface area (Å²) < 4.78 is 5.18. The Morgan fingerprint density at radius 3 is 2.90 bits per heavy atom. The van der Waals surface area contributed by atoms with Crippen LogP contribution in [0.5, 0.6) is 5.75 Å². The Bertz CT molecular complexity index is 636. The van der Waals surface area contributed by atoms with Gasteiger partial charge in [-0.2, -0.15) is 0 Å². The highest BCUT2D eigenvalue weighted by molar-refractivity contribution is 5.86. The molecular weight excluding hydrogens is 250 g/mol. The minimum Gasteiger partial charge on any atom is -0.497 e. The van der Waals surface area contributed by atoms with Gasteiger partial charge in [-0.3, -0.25) is 4.79 Å². The number of carbonyl (C=O) groups excluding carboxylic acids is 1. The van der Waals surface area contributed by atoms with Crippen LogP contribution in [0.1, 0.15) is 22.6 Å². The van der Waals surface area contributed by atoms with Crippen LogP contribution in [-0.4, -0.2) is 13.0 Å². The molecule has 20 heavy (non-hydrogen) atoms. The molecule has 102 valence electrons. The molecule has 0 unspecified atom stereocenters. The molecule has 1 atom stereocenters. The molecule has 0 saturated heterocycles. The second-order valence-corrected chi connectivity index (χ2v) is 5.02. The lowest BCUT2D eigenvalue weighted by Crippen LogP contribution is -2.35. The second kappa shape index (κ2) is 5.37. The zero-order valence-electron chi connectivity index (χ0n) is 11.4. The Kier molecular flexibility index (Phi) is 3.42. The highest BCUT2D eigenvalue weighted by atomic mass is 16.5. The molecule has 1 aliphatic carbocycles. The van der Waals surface area contributed by atoms with Crippen LogP contribution in [0.4, 0.5) is 0 Å². The van der Waals surface area contributed by atoms with Crippen LogP contribution in [0.25, 0.3) is 0 Å². The molecule has 0 aromatic heterocycles. The molecule has 0 radical (unpaired) electrons. The number of ether oxygens (including phenoxy) is 1. The van der Waals surface area contributed by atoms with Gasteiger partial charge >= 0.3 is 0 Å². The highest BCUT2D eigenvalue weighted by Crippen LogP contribution is 2.34. The summed E-state index contributed by atoms with van der Waals surface area (Å²) in [5, 5.41) is 3.00. The zero-order valence-corrected chi connectivity index (χ0v) is 11.4. The molecule has 0 spiro atoms. The van der Waals surface area contributed by atoms with Gasteiger partial charge in [0.25, 0.3) is 0 Å². The van der Waals surface area contributed by atoms with E-state index in [1.807, 2.05) is 42.5 Å². The van der Waals surface area contributed by atoms with E-state index in [0.717, 1.165) is 23.3 Å². The van der Waals surface area contributed by atoms with Gasteiger partial charge in [-0.25, -0.2) is 0 Å². The largest absolute Gasteiger partial charge is 0.497 e. The van der Waals surface area contributed by atoms with Crippen molar-refractivity contribution in [2.45, 2.75) is 18.9 Å². The fraction of sp³-hybridized carbons (Fsp3) is 0.235. The van der Waals surface area contributed by atoms with Crippen LogP contribution >= 0.6 is 0 Å². The Balaban J connectivity index is 1.61. The van der Waals surface area contributed by atoms with Crippen LogP contribution in [0.15, 0.2) is 48.5 Å². The lowest BCUT2D eigenvalue weighted by Gasteiger charge is -2.28. The molecule has 2 aromatic carbocycles. The first-order valence-corrected chi connectivity index (χ1v) is 6.76. The standard InChI is InChI=1S/C17H17NO2/c1-20-14-7-4-5-12(9-14)11-18-17(19)16-10-13-6-2-3-8-15(13)16/h2-9,16H,10-11H2,1H3,(H,18,19)/t16-/m0/s1. The molecule has 3 nitrogen and oxygen atoms in total. The predicted molar refractivity (Wildman–Crippen MR) is 77.7 cm³/mol. The van der Waals surface area contributed by atoms with Gasteiger partial charge in [-0.15, -0.1) is 0 Å². The van der Waals surface area contributed by atoms with E-state index in [0.29, 0.717) is 6.54 Å². The molecule has 0 bridgehead atoms. The van der Waals surface area contributed by atoms with Crippen molar-refractivity contribution in [1.29, 1.82) is 0 Å². The summed E-state index contributed by atoms with van der Waals surface area (Å²) in [5.41, 5.74) is 3.50. The molecule has 1 aliphatic rings. The van der Waals surface area contributed by atoms with E-state index < -0.39 is 0 Å². The number of methoxy groups -OCH3 is 1. The minimum atomic E-state index is 0.0109. The molecule has 0 aliphatic heterocycles. The number of carbonyl (C=O) groups is 1. The van der Waals surface area contributed by atoms with E-state index in [9.17, 15) is 4.79 Å². The van der Waals surface area contributed by atoms with Gasteiger partial charge in [0.1, 0.15) is 5.75 Å². The lowest BCUT2D eigenvalue weighted by atomic mass is 9.77. The Morgan fingerprint density at radius 1 is 1.25 bits per heavy atom. The number of amides is 1. The van der Waals surface area contributed by atoms with Gasteiger partial charge in [0.15, 0.2) is 0 Å². The first kappa shape index (κ1) is 12.7. The monoisotopic (exact) mass is 267 g/mol. The number of fused-ring (bicyclic) bond motifs is 1. The molecule has 3 heteroatoms. The van der Waals surface area contributed by atoms with Crippen molar-refractivity contribution in [2.75, 3.05) is 7.11 Å². The summed E-state index contributed by atoms with van der Waals surface area (Å²) in [6.45, 7) is 0.536. The number of benzene rings is 2. The maximum absolute atomic E-state index is 12.2. The fourth-order valence-electron chi connectivity index (χ4n) is 2.59. The third-order valence-electron chi connectivity index (χ3n) is 3.77. The van der Waals surface area contributed by atoms with Gasteiger partial charge in [0, 0.05) is 6.54 Å². The van der Waals surface area contributed by atoms with Crippen LogP contribution in [0.2, 0.25) is 0 Å². The molecule has 0 saturated carbocycles. The Labute approximate surface area is 118 Å². The van der Waals surface area contributed by atoms with Crippen molar-refractivity contribution in [1.82, 2.24) is 5.32 Å². The first-order chi connectivity index (χ1) is 9.78. The third kappa shape index (κ3) is 2.39. The molecule has 1 N–H and O–H groups in total. The molecular formula is C17H17NO2. The smallest absolute Gasteiger partial charge is 0.228 e. The number of hydrogen-bond donors (Lipinski definition) is 1. The van der Waals surface area contributed by atoms with E-state index in [1.54, 1.807) is 7.11 Å². The summed E-state index contributed by atoms with van der Waals surface area (Å²) in [7, 11) is 1.64. The minimum absolute atomic E-state index is 0.0109. The van der Waals surface area contributed by atoms with Crippen molar-refractivity contribution in [2.24, 2.45) is 0 Å². The van der Waals surface area contributed by atoms with Gasteiger partial charge in [-0.1, -0.05) is 36.4 Å². The number of rotatable bonds is 4. The van der Waals surface area contributed by atoms with Crippen molar-refractivity contribution >= 4 is 5.91 Å². The van der Waals surface area contributed by atoms with Gasteiger partial charge in [-0.05, 0) is 35.2 Å². The van der Waals surface area contributed by atoms with Crippen molar-refractivity contribution < 1.29 is 9.53 Å². The lowest BCUT2D eigenvalue weighted by molar-refractivity contribution is -0.123. The summed E-state index contributed by atoms with van der Waals surface area (Å²) >= 11 is 0. The maximum Gasteiger partial charge on any atom is 0.228 e. The van der Waals surface area contributed by atoms with Gasteiger partial charge in [0.05, 0.1) is 13.0 Å². The number of nitrogens with one attached hydrogen (secondary N) is 1. The quantitative estimate of drug-likeness (QED) is 0.925. The van der Waals surface area contributed by atoms with Crippen LogP contribution in [-0.2, 0) is 17.8 Å². The molecule has 3 rings (SSSR count). The molecule has 1 amide bonds. The van der Waals surface area contributed by atoms with Gasteiger partial charge in [0.2, 0.25) is 5.91 Å². The average Bonchev–Trinajstić information content (AvgIpc) is 2.46.